The molecule has 1 fully saturated rings. The number of ether oxygens (including phenoxy) is 1. The van der Waals surface area contributed by atoms with Gasteiger partial charge in [0.25, 0.3) is 0 Å². The van der Waals surface area contributed by atoms with Crippen molar-refractivity contribution < 1.29 is 27.5 Å². The summed E-state index contributed by atoms with van der Waals surface area (Å²) in [5, 5.41) is 6.71. The molecule has 1 saturated heterocycles. The molecule has 204 valence electrons. The first-order valence-electron chi connectivity index (χ1n) is 12.8. The lowest BCUT2D eigenvalue weighted by atomic mass is 9.84. The van der Waals surface area contributed by atoms with Gasteiger partial charge in [-0.25, -0.2) is 18.2 Å². The lowest BCUT2D eigenvalue weighted by Gasteiger charge is -2.39. The van der Waals surface area contributed by atoms with Gasteiger partial charge < -0.3 is 14.9 Å². The summed E-state index contributed by atoms with van der Waals surface area (Å²) in [6.45, 7) is 3.43. The van der Waals surface area contributed by atoms with Crippen LogP contribution in [0.1, 0.15) is 47.6 Å². The number of carbonyl (C=O) groups is 1. The number of hydrogen-bond acceptors (Lipinski definition) is 6. The van der Waals surface area contributed by atoms with Crippen LogP contribution in [0.5, 0.6) is 0 Å². The van der Waals surface area contributed by atoms with E-state index in [1.807, 2.05) is 36.5 Å². The van der Waals surface area contributed by atoms with Crippen LogP contribution in [0.15, 0.2) is 59.9 Å². The molecule has 3 heterocycles. The molecular weight excluding hydrogens is 509 g/mol. The molecule has 0 atom stereocenters. The van der Waals surface area contributed by atoms with Crippen molar-refractivity contribution in [2.45, 2.75) is 38.5 Å². The van der Waals surface area contributed by atoms with Crippen molar-refractivity contribution in [1.82, 2.24) is 9.88 Å². The van der Waals surface area contributed by atoms with Gasteiger partial charge in [0.15, 0.2) is 11.6 Å². The largest absolute Gasteiger partial charge is 0.392 e. The van der Waals surface area contributed by atoms with Crippen LogP contribution in [0.3, 0.4) is 0 Å². The van der Waals surface area contributed by atoms with E-state index < -0.39 is 18.3 Å². The molecule has 5 rings (SSSR count). The predicted octanol–water partition coefficient (Wildman–Crippen LogP) is 5.08. The van der Waals surface area contributed by atoms with Crippen LogP contribution in [-0.2, 0) is 33.1 Å². The van der Waals surface area contributed by atoms with Crippen molar-refractivity contribution in [3.05, 3.63) is 94.2 Å². The predicted molar refractivity (Wildman–Crippen MR) is 140 cm³/mol. The number of carbonyl (C=O) groups excluding carboxylic acids is 1. The molecule has 39 heavy (non-hydrogen) atoms. The van der Waals surface area contributed by atoms with Gasteiger partial charge in [0.1, 0.15) is 24.8 Å². The van der Waals surface area contributed by atoms with Crippen LogP contribution in [0.25, 0.3) is 0 Å². The Morgan fingerprint density at radius 2 is 1.85 bits per heavy atom. The standard InChI is InChI=1S/C29H29F3N4O3/c1-19(37)34-27-15-23-18-38-29(24(23)16-33-27)8-11-36(12-9-29)17-20-2-4-21(5-3-20)28(35-39-13-10-30)22-6-7-25(31)26(32)14-22/h2-7,14-16H,8-13,17-18H2,1H3,(H,33,34,37). The van der Waals surface area contributed by atoms with E-state index in [-0.39, 0.29) is 18.1 Å². The third kappa shape index (κ3) is 5.97. The number of benzene rings is 2. The zero-order chi connectivity index (χ0) is 27.4. The van der Waals surface area contributed by atoms with Crippen molar-refractivity contribution >= 4 is 17.4 Å². The molecule has 0 aliphatic carbocycles. The Morgan fingerprint density at radius 1 is 1.10 bits per heavy atom. The fourth-order valence-electron chi connectivity index (χ4n) is 5.14. The number of halogens is 3. The van der Waals surface area contributed by atoms with E-state index >= 15 is 0 Å². The Hall–Kier alpha value is -3.76. The Kier molecular flexibility index (Phi) is 7.94. The number of likely N-dealkylation sites (tertiary alicyclic amines) is 1. The van der Waals surface area contributed by atoms with E-state index in [0.717, 1.165) is 61.3 Å². The summed E-state index contributed by atoms with van der Waals surface area (Å²) in [6.07, 6.45) is 3.49. The average molecular weight is 539 g/mol. The first kappa shape index (κ1) is 26.8. The molecular formula is C29H29F3N4O3. The van der Waals surface area contributed by atoms with Gasteiger partial charge in [0, 0.05) is 49.4 Å². The highest BCUT2D eigenvalue weighted by Gasteiger charge is 2.43. The van der Waals surface area contributed by atoms with Gasteiger partial charge in [0.05, 0.1) is 12.2 Å². The average Bonchev–Trinajstić information content (AvgIpc) is 3.27. The molecule has 10 heteroatoms. The quantitative estimate of drug-likeness (QED) is 0.246. The van der Waals surface area contributed by atoms with Crippen LogP contribution in [0.4, 0.5) is 19.0 Å². The van der Waals surface area contributed by atoms with Crippen molar-refractivity contribution in [2.24, 2.45) is 5.16 Å². The van der Waals surface area contributed by atoms with E-state index in [0.29, 0.717) is 29.3 Å². The molecule has 2 aliphatic rings. The SMILES string of the molecule is CC(=O)Nc1cc2c(cn1)C1(CCN(Cc3ccc(C(=NOCCF)c4ccc(F)c(F)c4)cc3)CC1)OC2. The van der Waals surface area contributed by atoms with E-state index in [2.05, 4.69) is 20.4 Å². The summed E-state index contributed by atoms with van der Waals surface area (Å²) in [4.78, 5) is 23.1. The number of oxime groups is 1. The summed E-state index contributed by atoms with van der Waals surface area (Å²) in [5.74, 6) is -1.58. The van der Waals surface area contributed by atoms with Gasteiger partial charge in [-0.3, -0.25) is 9.69 Å². The Bertz CT molecular complexity index is 1370. The fourth-order valence-corrected chi connectivity index (χ4v) is 5.14. The van der Waals surface area contributed by atoms with E-state index in [4.69, 9.17) is 9.57 Å². The van der Waals surface area contributed by atoms with Crippen LogP contribution < -0.4 is 5.32 Å². The molecule has 1 amide bonds. The maximum absolute atomic E-state index is 13.9. The number of piperidine rings is 1. The second kappa shape index (κ2) is 11.5. The van der Waals surface area contributed by atoms with Gasteiger partial charge in [-0.1, -0.05) is 29.4 Å². The highest BCUT2D eigenvalue weighted by molar-refractivity contribution is 6.12. The van der Waals surface area contributed by atoms with Gasteiger partial charge >= 0.3 is 0 Å². The molecule has 1 spiro atoms. The van der Waals surface area contributed by atoms with Crippen LogP contribution in [-0.4, -0.2) is 47.9 Å². The molecule has 2 aromatic carbocycles. The summed E-state index contributed by atoms with van der Waals surface area (Å²) in [7, 11) is 0. The normalized spacial score (nSPS) is 16.8. The number of aromatic nitrogens is 1. The van der Waals surface area contributed by atoms with Gasteiger partial charge in [-0.2, -0.15) is 0 Å². The number of anilines is 1. The molecule has 0 bridgehead atoms. The number of hydrogen-bond donors (Lipinski definition) is 1. The Labute approximate surface area is 224 Å². The molecule has 2 aliphatic heterocycles. The smallest absolute Gasteiger partial charge is 0.222 e. The molecule has 0 saturated carbocycles. The van der Waals surface area contributed by atoms with Crippen LogP contribution in [0.2, 0.25) is 0 Å². The van der Waals surface area contributed by atoms with Crippen molar-refractivity contribution in [3.8, 4) is 0 Å². The minimum absolute atomic E-state index is 0.157. The summed E-state index contributed by atoms with van der Waals surface area (Å²) in [5.41, 5.74) is 4.15. The van der Waals surface area contributed by atoms with Crippen molar-refractivity contribution in [1.29, 1.82) is 0 Å². The van der Waals surface area contributed by atoms with E-state index in [1.54, 1.807) is 0 Å². The highest BCUT2D eigenvalue weighted by atomic mass is 19.2. The summed E-state index contributed by atoms with van der Waals surface area (Å²) in [6, 6.07) is 13.0. The first-order valence-corrected chi connectivity index (χ1v) is 12.8. The van der Waals surface area contributed by atoms with Crippen LogP contribution >= 0.6 is 0 Å². The van der Waals surface area contributed by atoms with Crippen molar-refractivity contribution in [3.63, 3.8) is 0 Å². The summed E-state index contributed by atoms with van der Waals surface area (Å²) >= 11 is 0. The Morgan fingerprint density at radius 3 is 2.54 bits per heavy atom. The second-order valence-electron chi connectivity index (χ2n) is 9.75. The topological polar surface area (TPSA) is 76.1 Å². The molecule has 1 aromatic heterocycles. The fraction of sp³-hybridized carbons (Fsp3) is 0.345. The monoisotopic (exact) mass is 538 g/mol. The van der Waals surface area contributed by atoms with Crippen LogP contribution in [0, 0.1) is 11.6 Å². The van der Waals surface area contributed by atoms with Gasteiger partial charge in [-0.15, -0.1) is 0 Å². The van der Waals surface area contributed by atoms with Gasteiger partial charge in [0.2, 0.25) is 5.91 Å². The lowest BCUT2D eigenvalue weighted by molar-refractivity contribution is -0.114. The number of alkyl halides is 1. The highest BCUT2D eigenvalue weighted by Crippen LogP contribution is 2.44. The molecule has 7 nitrogen and oxygen atoms in total. The zero-order valence-electron chi connectivity index (χ0n) is 21.6. The zero-order valence-corrected chi connectivity index (χ0v) is 21.6. The number of nitrogens with zero attached hydrogens (tertiary/aromatic N) is 3. The van der Waals surface area contributed by atoms with E-state index in [9.17, 15) is 18.0 Å². The maximum Gasteiger partial charge on any atom is 0.222 e. The molecule has 3 aromatic rings. The lowest BCUT2D eigenvalue weighted by Crippen LogP contribution is -2.42. The number of nitrogens with one attached hydrogen (secondary N) is 1. The number of fused-ring (bicyclic) bond motifs is 2. The number of rotatable bonds is 8. The first-order chi connectivity index (χ1) is 18.9. The second-order valence-corrected chi connectivity index (χ2v) is 9.75. The Balaban J connectivity index is 1.24. The molecule has 0 unspecified atom stereocenters. The van der Waals surface area contributed by atoms with E-state index in [1.165, 1.54) is 13.0 Å². The minimum atomic E-state index is -0.997. The third-order valence-electron chi connectivity index (χ3n) is 7.10. The summed E-state index contributed by atoms with van der Waals surface area (Å²) < 4.78 is 46.1. The maximum atomic E-state index is 13.9. The third-order valence-corrected chi connectivity index (χ3v) is 7.10. The minimum Gasteiger partial charge on any atom is -0.392 e. The number of pyridine rings is 1. The van der Waals surface area contributed by atoms with Gasteiger partial charge in [-0.05, 0) is 48.2 Å². The van der Waals surface area contributed by atoms with Crippen molar-refractivity contribution in [2.75, 3.05) is 31.7 Å². The number of amides is 1. The molecule has 1 N–H and O–H groups in total. The molecule has 0 radical (unpaired) electrons.